The Kier molecular flexibility index (Phi) is 5.75. The number of carbonyl (C=O) groups is 3. The first-order valence-corrected chi connectivity index (χ1v) is 11.8. The van der Waals surface area contributed by atoms with Gasteiger partial charge in [-0.15, -0.1) is 0 Å². The molecule has 11 heteroatoms. The van der Waals surface area contributed by atoms with Crippen LogP contribution in [0.4, 0.5) is 4.79 Å². The van der Waals surface area contributed by atoms with Crippen molar-refractivity contribution in [3.8, 4) is 0 Å². The van der Waals surface area contributed by atoms with Crippen molar-refractivity contribution in [3.05, 3.63) is 29.8 Å². The molecule has 3 fully saturated rings. The number of hydrogen-bond donors (Lipinski definition) is 2. The van der Waals surface area contributed by atoms with Gasteiger partial charge in [0, 0.05) is 18.7 Å². The van der Waals surface area contributed by atoms with Crippen LogP contribution in [-0.4, -0.2) is 67.4 Å². The van der Waals surface area contributed by atoms with E-state index < -0.39 is 33.4 Å². The molecule has 4 amide bonds. The number of benzene rings is 1. The van der Waals surface area contributed by atoms with Gasteiger partial charge in [0.1, 0.15) is 5.54 Å². The van der Waals surface area contributed by atoms with E-state index in [0.717, 1.165) is 17.9 Å². The number of carbonyl (C=O) groups excluding carboxylic acids is 3. The number of hydrogen-bond acceptors (Lipinski definition) is 6. The van der Waals surface area contributed by atoms with Crippen molar-refractivity contribution in [2.45, 2.75) is 43.0 Å². The van der Waals surface area contributed by atoms with E-state index >= 15 is 0 Å². The number of amides is 4. The summed E-state index contributed by atoms with van der Waals surface area (Å²) >= 11 is 0. The van der Waals surface area contributed by atoms with Gasteiger partial charge in [-0.1, -0.05) is 6.92 Å². The Balaban J connectivity index is 1.44. The summed E-state index contributed by atoms with van der Waals surface area (Å²) in [5, 5.41) is 3.47. The van der Waals surface area contributed by atoms with Crippen LogP contribution in [0.15, 0.2) is 29.2 Å². The molecule has 4 rings (SSSR count). The molecule has 1 saturated carbocycles. The van der Waals surface area contributed by atoms with Gasteiger partial charge in [0.05, 0.1) is 18.1 Å². The molecule has 31 heavy (non-hydrogen) atoms. The molecule has 0 atom stereocenters. The first kappa shape index (κ1) is 21.7. The molecule has 2 saturated heterocycles. The molecule has 0 radical (unpaired) electrons. The normalized spacial score (nSPS) is 27.4. The lowest BCUT2D eigenvalue weighted by molar-refractivity contribution is -0.134. The minimum atomic E-state index is -3.67. The number of nitrogens with zero attached hydrogens (tertiary/aromatic N) is 2. The summed E-state index contributed by atoms with van der Waals surface area (Å²) < 4.78 is 31.9. The van der Waals surface area contributed by atoms with Crippen LogP contribution in [0.5, 0.6) is 0 Å². The van der Waals surface area contributed by atoms with Crippen LogP contribution in [-0.2, 0) is 19.6 Å². The second kappa shape index (κ2) is 8.21. The number of rotatable bonds is 4. The molecule has 0 aromatic heterocycles. The third kappa shape index (κ3) is 4.04. The van der Waals surface area contributed by atoms with E-state index in [1.807, 2.05) is 0 Å². The number of sulfonamides is 1. The Morgan fingerprint density at radius 2 is 1.74 bits per heavy atom. The van der Waals surface area contributed by atoms with Crippen LogP contribution < -0.4 is 10.7 Å². The lowest BCUT2D eigenvalue weighted by atomic mass is 9.77. The van der Waals surface area contributed by atoms with Gasteiger partial charge in [0.2, 0.25) is 10.0 Å². The number of imide groups is 1. The van der Waals surface area contributed by atoms with E-state index in [2.05, 4.69) is 17.7 Å². The summed E-state index contributed by atoms with van der Waals surface area (Å²) in [7, 11) is -3.67. The third-order valence-electron chi connectivity index (χ3n) is 6.23. The summed E-state index contributed by atoms with van der Waals surface area (Å²) in [5.74, 6) is -0.629. The highest BCUT2D eigenvalue weighted by atomic mass is 32.2. The van der Waals surface area contributed by atoms with Crippen molar-refractivity contribution in [1.29, 1.82) is 0 Å². The molecule has 1 spiro atoms. The van der Waals surface area contributed by atoms with Gasteiger partial charge in [-0.2, -0.15) is 9.31 Å². The van der Waals surface area contributed by atoms with Gasteiger partial charge >= 0.3 is 6.03 Å². The van der Waals surface area contributed by atoms with E-state index in [4.69, 9.17) is 4.74 Å². The molecule has 1 aromatic carbocycles. The smallest absolute Gasteiger partial charge is 0.344 e. The number of urea groups is 1. The number of morpholine rings is 1. The molecule has 168 valence electrons. The molecule has 1 aliphatic carbocycles. The molecular weight excluding hydrogens is 424 g/mol. The Labute approximate surface area is 180 Å². The van der Waals surface area contributed by atoms with E-state index in [0.29, 0.717) is 32.0 Å². The molecule has 0 unspecified atom stereocenters. The molecule has 10 nitrogen and oxygen atoms in total. The lowest BCUT2D eigenvalue weighted by Gasteiger charge is -2.33. The van der Waals surface area contributed by atoms with Crippen LogP contribution in [0.1, 0.15) is 43.0 Å². The first-order chi connectivity index (χ1) is 14.7. The summed E-state index contributed by atoms with van der Waals surface area (Å²) in [6.07, 6.45) is 2.73. The van der Waals surface area contributed by atoms with Crippen molar-refractivity contribution >= 4 is 27.9 Å². The average molecular weight is 451 g/mol. The van der Waals surface area contributed by atoms with Crippen LogP contribution in [0.3, 0.4) is 0 Å². The van der Waals surface area contributed by atoms with Crippen LogP contribution in [0.25, 0.3) is 0 Å². The summed E-state index contributed by atoms with van der Waals surface area (Å²) in [4.78, 5) is 37.9. The Bertz CT molecular complexity index is 979. The minimum absolute atomic E-state index is 0.0659. The van der Waals surface area contributed by atoms with E-state index in [1.54, 1.807) is 0 Å². The molecule has 2 heterocycles. The second-order valence-corrected chi connectivity index (χ2v) is 10.3. The fourth-order valence-electron chi connectivity index (χ4n) is 4.20. The van der Waals surface area contributed by atoms with Gasteiger partial charge in [0.15, 0.2) is 0 Å². The fourth-order valence-corrected chi connectivity index (χ4v) is 5.60. The maximum atomic E-state index is 12.9. The van der Waals surface area contributed by atoms with Crippen LogP contribution in [0, 0.1) is 5.92 Å². The van der Waals surface area contributed by atoms with Crippen molar-refractivity contribution in [1.82, 2.24) is 20.1 Å². The highest BCUT2D eigenvalue weighted by molar-refractivity contribution is 7.89. The third-order valence-corrected chi connectivity index (χ3v) is 8.14. The largest absolute Gasteiger partial charge is 0.379 e. The van der Waals surface area contributed by atoms with Crippen molar-refractivity contribution < 1.29 is 27.5 Å². The Hall–Kier alpha value is -2.50. The number of nitrogens with one attached hydrogen (secondary N) is 2. The summed E-state index contributed by atoms with van der Waals surface area (Å²) in [5.41, 5.74) is 1.54. The van der Waals surface area contributed by atoms with Crippen LogP contribution >= 0.6 is 0 Å². The zero-order chi connectivity index (χ0) is 22.2. The van der Waals surface area contributed by atoms with E-state index in [-0.39, 0.29) is 23.5 Å². The fraction of sp³-hybridized carbons (Fsp3) is 0.550. The zero-order valence-electron chi connectivity index (χ0n) is 17.3. The van der Waals surface area contributed by atoms with Gasteiger partial charge in [-0.25, -0.2) is 13.2 Å². The van der Waals surface area contributed by atoms with E-state index in [9.17, 15) is 22.8 Å². The standard InChI is InChI=1S/C20H26N4O6S/c1-14-6-8-20(9-7-14)18(26)24(19(27)21-20)22-17(25)15-2-4-16(5-3-15)31(28,29)23-10-12-30-13-11-23/h2-5,14H,6-13H2,1H3,(H,21,27)(H,22,25). The topological polar surface area (TPSA) is 125 Å². The number of ether oxygens (including phenoxy) is 1. The summed E-state index contributed by atoms with van der Waals surface area (Å²) in [6, 6.07) is 4.75. The average Bonchev–Trinajstić information content (AvgIpc) is 3.00. The van der Waals surface area contributed by atoms with Crippen molar-refractivity contribution in [2.75, 3.05) is 26.3 Å². The zero-order valence-corrected chi connectivity index (χ0v) is 18.1. The molecular formula is C20H26N4O6S. The van der Waals surface area contributed by atoms with Gasteiger partial charge in [0.25, 0.3) is 11.8 Å². The predicted molar refractivity (Wildman–Crippen MR) is 109 cm³/mol. The Morgan fingerprint density at radius 1 is 1.13 bits per heavy atom. The van der Waals surface area contributed by atoms with E-state index in [1.165, 1.54) is 28.6 Å². The lowest BCUT2D eigenvalue weighted by Crippen LogP contribution is -2.51. The SMILES string of the molecule is CC1CCC2(CC1)NC(=O)N(NC(=O)c1ccc(S(=O)(=O)N3CCOCC3)cc1)C2=O. The predicted octanol–water partition coefficient (Wildman–Crippen LogP) is 0.853. The first-order valence-electron chi connectivity index (χ1n) is 10.4. The minimum Gasteiger partial charge on any atom is -0.379 e. The highest BCUT2D eigenvalue weighted by Gasteiger charge is 2.52. The van der Waals surface area contributed by atoms with Crippen LogP contribution in [0.2, 0.25) is 0 Å². The number of hydrazine groups is 1. The molecule has 1 aromatic rings. The Morgan fingerprint density at radius 3 is 2.35 bits per heavy atom. The van der Waals surface area contributed by atoms with Crippen molar-refractivity contribution in [3.63, 3.8) is 0 Å². The van der Waals surface area contributed by atoms with Gasteiger partial charge in [-0.3, -0.25) is 15.0 Å². The maximum absolute atomic E-state index is 12.9. The monoisotopic (exact) mass is 450 g/mol. The van der Waals surface area contributed by atoms with Gasteiger partial charge in [-0.05, 0) is 55.9 Å². The highest BCUT2D eigenvalue weighted by Crippen LogP contribution is 2.35. The molecule has 2 N–H and O–H groups in total. The molecule has 2 aliphatic heterocycles. The maximum Gasteiger partial charge on any atom is 0.344 e. The molecule has 0 bridgehead atoms. The van der Waals surface area contributed by atoms with Crippen molar-refractivity contribution in [2.24, 2.45) is 5.92 Å². The quantitative estimate of drug-likeness (QED) is 0.656. The second-order valence-electron chi connectivity index (χ2n) is 8.32. The summed E-state index contributed by atoms with van der Waals surface area (Å²) in [6.45, 7) is 3.34. The molecule has 3 aliphatic rings. The van der Waals surface area contributed by atoms with Gasteiger partial charge < -0.3 is 10.1 Å².